The molecule has 0 bridgehead atoms. The van der Waals surface area contributed by atoms with E-state index in [-0.39, 0.29) is 24.8 Å². The molecule has 0 aliphatic rings. The first kappa shape index (κ1) is 14.6. The predicted octanol–water partition coefficient (Wildman–Crippen LogP) is 3.16. The fourth-order valence-electron chi connectivity index (χ4n) is 1.67. The zero-order chi connectivity index (χ0) is 13.1. The van der Waals surface area contributed by atoms with Crippen LogP contribution in [0.2, 0.25) is 0 Å². The van der Waals surface area contributed by atoms with E-state index in [1.54, 1.807) is 12.1 Å². The average molecular weight is 305 g/mol. The molecule has 0 aliphatic carbocycles. The molecular weight excluding hydrogens is 287 g/mol. The summed E-state index contributed by atoms with van der Waals surface area (Å²) in [6.45, 7) is 3.99. The summed E-state index contributed by atoms with van der Waals surface area (Å²) in [7, 11) is 1.53. The summed E-state index contributed by atoms with van der Waals surface area (Å²) in [5.41, 5.74) is -0.537. The molecule has 2 nitrogen and oxygen atoms in total. The lowest BCUT2D eigenvalue weighted by Crippen LogP contribution is -2.42. The highest BCUT2D eigenvalue weighted by Gasteiger charge is 2.32. The highest BCUT2D eigenvalue weighted by atomic mass is 79.9. The van der Waals surface area contributed by atoms with Crippen molar-refractivity contribution in [1.82, 2.24) is 0 Å². The largest absolute Gasteiger partial charge is 0.387 e. The fraction of sp³-hybridized carbons (Fsp3) is 0.538. The van der Waals surface area contributed by atoms with Crippen molar-refractivity contribution in [1.29, 1.82) is 0 Å². The monoisotopic (exact) mass is 304 g/mol. The predicted molar refractivity (Wildman–Crippen MR) is 69.5 cm³/mol. The molecule has 0 spiro atoms. The maximum Gasteiger partial charge on any atom is 0.127 e. The van der Waals surface area contributed by atoms with Gasteiger partial charge in [-0.3, -0.25) is 0 Å². The van der Waals surface area contributed by atoms with Gasteiger partial charge >= 0.3 is 0 Å². The molecule has 17 heavy (non-hydrogen) atoms. The van der Waals surface area contributed by atoms with Gasteiger partial charge in [-0.05, 0) is 23.6 Å². The first-order chi connectivity index (χ1) is 7.89. The number of benzene rings is 1. The molecule has 0 saturated heterocycles. The Morgan fingerprint density at radius 1 is 1.47 bits per heavy atom. The minimum absolute atomic E-state index is 0.00880. The molecule has 1 aromatic rings. The van der Waals surface area contributed by atoms with Crippen molar-refractivity contribution in [3.8, 4) is 0 Å². The summed E-state index contributed by atoms with van der Waals surface area (Å²) in [6, 6.07) is 4.86. The van der Waals surface area contributed by atoms with Crippen molar-refractivity contribution in [3.05, 3.63) is 34.1 Å². The van der Waals surface area contributed by atoms with Gasteiger partial charge in [-0.15, -0.1) is 0 Å². The summed E-state index contributed by atoms with van der Waals surface area (Å²) in [5.74, 6) is -0.319. The van der Waals surface area contributed by atoms with Crippen LogP contribution in [-0.4, -0.2) is 24.4 Å². The number of rotatable bonds is 5. The van der Waals surface area contributed by atoms with Crippen LogP contribution in [0.1, 0.15) is 19.4 Å². The minimum Gasteiger partial charge on any atom is -0.387 e. The second-order valence-corrected chi connectivity index (χ2v) is 5.52. The van der Waals surface area contributed by atoms with Crippen LogP contribution in [0.25, 0.3) is 0 Å². The summed E-state index contributed by atoms with van der Waals surface area (Å²) in [4.78, 5) is 0. The molecule has 1 atom stereocenters. The summed E-state index contributed by atoms with van der Waals surface area (Å²) >= 11 is 3.21. The molecule has 1 aromatic carbocycles. The van der Waals surface area contributed by atoms with Crippen molar-refractivity contribution in [2.45, 2.75) is 25.9 Å². The number of hydrogen-bond acceptors (Lipinski definition) is 2. The number of methoxy groups -OCH3 is 1. The summed E-state index contributed by atoms with van der Waals surface area (Å²) in [6.07, 6.45) is 0.248. The van der Waals surface area contributed by atoms with E-state index in [1.165, 1.54) is 13.2 Å². The Hall–Kier alpha value is -0.450. The third-order valence-electron chi connectivity index (χ3n) is 2.98. The Bertz CT molecular complexity index is 382. The maximum absolute atomic E-state index is 13.7. The van der Waals surface area contributed by atoms with Crippen molar-refractivity contribution in [3.63, 3.8) is 0 Å². The Balaban J connectivity index is 2.93. The Labute approximate surface area is 110 Å². The molecule has 4 heteroatoms. The maximum atomic E-state index is 13.7. The molecule has 1 unspecified atom stereocenters. The lowest BCUT2D eigenvalue weighted by molar-refractivity contribution is -0.0641. The van der Waals surface area contributed by atoms with Crippen LogP contribution in [-0.2, 0) is 11.2 Å². The molecule has 0 saturated carbocycles. The van der Waals surface area contributed by atoms with Gasteiger partial charge in [0.25, 0.3) is 0 Å². The summed E-state index contributed by atoms with van der Waals surface area (Å²) < 4.78 is 19.4. The van der Waals surface area contributed by atoms with Crippen LogP contribution in [0.5, 0.6) is 0 Å². The molecule has 1 rings (SSSR count). The summed E-state index contributed by atoms with van der Waals surface area (Å²) in [5, 5.41) is 10.4. The third-order valence-corrected chi connectivity index (χ3v) is 3.47. The normalized spacial score (nSPS) is 15.0. The third kappa shape index (κ3) is 3.76. The van der Waals surface area contributed by atoms with Gasteiger partial charge in [-0.1, -0.05) is 35.8 Å². The van der Waals surface area contributed by atoms with Crippen molar-refractivity contribution in [2.24, 2.45) is 5.92 Å². The van der Waals surface area contributed by atoms with E-state index in [1.807, 2.05) is 13.8 Å². The Morgan fingerprint density at radius 3 is 2.59 bits per heavy atom. The first-order valence-corrected chi connectivity index (χ1v) is 6.33. The van der Waals surface area contributed by atoms with E-state index >= 15 is 0 Å². The van der Waals surface area contributed by atoms with Crippen LogP contribution in [0.4, 0.5) is 4.39 Å². The van der Waals surface area contributed by atoms with Crippen LogP contribution in [0.15, 0.2) is 22.7 Å². The van der Waals surface area contributed by atoms with Crippen LogP contribution < -0.4 is 0 Å². The van der Waals surface area contributed by atoms with E-state index < -0.39 is 5.60 Å². The molecule has 0 aliphatic heterocycles. The van der Waals surface area contributed by atoms with Crippen LogP contribution in [0.3, 0.4) is 0 Å². The van der Waals surface area contributed by atoms with Crippen molar-refractivity contribution < 1.29 is 14.2 Å². The molecule has 0 fully saturated rings. The lowest BCUT2D eigenvalue weighted by atomic mass is 9.85. The lowest BCUT2D eigenvalue weighted by Gasteiger charge is -2.31. The zero-order valence-electron chi connectivity index (χ0n) is 10.3. The topological polar surface area (TPSA) is 29.5 Å². The molecule has 0 aromatic heterocycles. The van der Waals surface area contributed by atoms with E-state index in [2.05, 4.69) is 15.9 Å². The Kier molecular flexibility index (Phi) is 5.10. The van der Waals surface area contributed by atoms with Gasteiger partial charge in [0.1, 0.15) is 5.82 Å². The molecule has 1 N–H and O–H groups in total. The minimum atomic E-state index is -1.04. The quantitative estimate of drug-likeness (QED) is 0.905. The molecular formula is C13H18BrFO2. The van der Waals surface area contributed by atoms with Gasteiger partial charge in [0.2, 0.25) is 0 Å². The SMILES string of the molecule is COCC(O)(Cc1ccc(Br)cc1F)C(C)C. The highest BCUT2D eigenvalue weighted by Crippen LogP contribution is 2.25. The highest BCUT2D eigenvalue weighted by molar-refractivity contribution is 9.10. The molecule has 0 amide bonds. The number of hydrogen-bond donors (Lipinski definition) is 1. The second kappa shape index (κ2) is 5.94. The number of aliphatic hydroxyl groups is 1. The standard InChI is InChI=1S/C13H18BrFO2/c1-9(2)13(16,8-17-3)7-10-4-5-11(14)6-12(10)15/h4-6,9,16H,7-8H2,1-3H3. The van der Waals surface area contributed by atoms with Gasteiger partial charge < -0.3 is 9.84 Å². The zero-order valence-corrected chi connectivity index (χ0v) is 11.9. The van der Waals surface area contributed by atoms with Gasteiger partial charge in [-0.2, -0.15) is 0 Å². The average Bonchev–Trinajstić information content (AvgIpc) is 2.22. The number of halogens is 2. The molecule has 0 heterocycles. The van der Waals surface area contributed by atoms with Crippen molar-refractivity contribution in [2.75, 3.05) is 13.7 Å². The van der Waals surface area contributed by atoms with E-state index in [0.717, 1.165) is 0 Å². The number of ether oxygens (including phenoxy) is 1. The van der Waals surface area contributed by atoms with E-state index in [4.69, 9.17) is 4.74 Å². The Morgan fingerprint density at radius 2 is 2.12 bits per heavy atom. The van der Waals surface area contributed by atoms with Gasteiger partial charge in [-0.25, -0.2) is 4.39 Å². The van der Waals surface area contributed by atoms with Crippen LogP contribution in [0, 0.1) is 11.7 Å². The smallest absolute Gasteiger partial charge is 0.127 e. The first-order valence-electron chi connectivity index (χ1n) is 5.54. The molecule has 96 valence electrons. The molecule has 0 radical (unpaired) electrons. The van der Waals surface area contributed by atoms with E-state index in [0.29, 0.717) is 10.0 Å². The van der Waals surface area contributed by atoms with Crippen molar-refractivity contribution >= 4 is 15.9 Å². The second-order valence-electron chi connectivity index (χ2n) is 4.60. The van der Waals surface area contributed by atoms with E-state index in [9.17, 15) is 9.50 Å². The fourth-order valence-corrected chi connectivity index (χ4v) is 2.00. The van der Waals surface area contributed by atoms with Crippen LogP contribution >= 0.6 is 15.9 Å². The van der Waals surface area contributed by atoms with Gasteiger partial charge in [0.15, 0.2) is 0 Å². The van der Waals surface area contributed by atoms with Gasteiger partial charge in [0.05, 0.1) is 12.2 Å². The van der Waals surface area contributed by atoms with Gasteiger partial charge in [0, 0.05) is 18.0 Å².